The van der Waals surface area contributed by atoms with Crippen LogP contribution in [0.5, 0.6) is 0 Å². The summed E-state index contributed by atoms with van der Waals surface area (Å²) in [5.41, 5.74) is 1.69. The Hall–Kier alpha value is -2.01. The standard InChI is InChI=1S/C18H15ClF3NO/c19-16-13(8-4-9-14(16)18(20,21)22)17(24)23-15-10-3-6-11-5-1-2-7-12(11)15/h3-4,6,8-10H,1-2,5,7H2,(H,23,24). The minimum absolute atomic E-state index is 0.181. The number of hydrogen-bond acceptors (Lipinski definition) is 1. The lowest BCUT2D eigenvalue weighted by Gasteiger charge is -2.20. The molecule has 2 aromatic rings. The number of hydrogen-bond donors (Lipinski definition) is 1. The topological polar surface area (TPSA) is 29.1 Å². The van der Waals surface area contributed by atoms with Gasteiger partial charge in [0, 0.05) is 5.69 Å². The summed E-state index contributed by atoms with van der Waals surface area (Å²) in [6.45, 7) is 0. The van der Waals surface area contributed by atoms with Crippen molar-refractivity contribution in [2.45, 2.75) is 31.9 Å². The zero-order valence-corrected chi connectivity index (χ0v) is 13.5. The molecule has 3 rings (SSSR count). The van der Waals surface area contributed by atoms with Gasteiger partial charge in [0.2, 0.25) is 0 Å². The van der Waals surface area contributed by atoms with Gasteiger partial charge in [-0.15, -0.1) is 0 Å². The maximum atomic E-state index is 12.9. The van der Waals surface area contributed by atoms with E-state index >= 15 is 0 Å². The third-order valence-corrected chi connectivity index (χ3v) is 4.60. The van der Waals surface area contributed by atoms with Crippen molar-refractivity contribution in [3.8, 4) is 0 Å². The van der Waals surface area contributed by atoms with Crippen LogP contribution < -0.4 is 5.32 Å². The van der Waals surface area contributed by atoms with Gasteiger partial charge < -0.3 is 5.32 Å². The molecule has 1 amide bonds. The molecule has 0 spiro atoms. The van der Waals surface area contributed by atoms with Gasteiger partial charge in [-0.1, -0.05) is 29.8 Å². The molecule has 0 aliphatic heterocycles. The number of benzene rings is 2. The molecule has 2 nitrogen and oxygen atoms in total. The normalized spacial score (nSPS) is 14.2. The van der Waals surface area contributed by atoms with Gasteiger partial charge in [0.1, 0.15) is 0 Å². The molecule has 0 aromatic heterocycles. The number of nitrogens with one attached hydrogen (secondary N) is 1. The van der Waals surface area contributed by atoms with Crippen LogP contribution in [0.2, 0.25) is 5.02 Å². The van der Waals surface area contributed by atoms with Crippen LogP contribution in [0.4, 0.5) is 18.9 Å². The Kier molecular flexibility index (Phi) is 4.54. The number of amides is 1. The third-order valence-electron chi connectivity index (χ3n) is 4.19. The van der Waals surface area contributed by atoms with Crippen LogP contribution in [0, 0.1) is 0 Å². The van der Waals surface area contributed by atoms with Crippen LogP contribution in [-0.4, -0.2) is 5.91 Å². The molecule has 0 radical (unpaired) electrons. The zero-order chi connectivity index (χ0) is 17.3. The molecule has 2 aromatic carbocycles. The van der Waals surface area contributed by atoms with Crippen LogP contribution in [0.25, 0.3) is 0 Å². The Balaban J connectivity index is 1.92. The number of aryl methyl sites for hydroxylation is 1. The zero-order valence-electron chi connectivity index (χ0n) is 12.7. The van der Waals surface area contributed by atoms with Gasteiger partial charge in [-0.25, -0.2) is 0 Å². The van der Waals surface area contributed by atoms with Gasteiger partial charge in [-0.3, -0.25) is 4.79 Å². The first kappa shape index (κ1) is 16.8. The van der Waals surface area contributed by atoms with E-state index in [1.165, 1.54) is 17.7 Å². The fourth-order valence-electron chi connectivity index (χ4n) is 3.01. The largest absolute Gasteiger partial charge is 0.417 e. The highest BCUT2D eigenvalue weighted by atomic mass is 35.5. The van der Waals surface area contributed by atoms with Crippen LogP contribution in [0.15, 0.2) is 36.4 Å². The van der Waals surface area contributed by atoms with Crippen molar-refractivity contribution in [1.29, 1.82) is 0 Å². The minimum atomic E-state index is -4.60. The molecule has 1 aliphatic carbocycles. The highest BCUT2D eigenvalue weighted by Gasteiger charge is 2.34. The first-order chi connectivity index (χ1) is 11.4. The number of anilines is 1. The predicted octanol–water partition coefficient (Wildman–Crippen LogP) is 5.49. The molecule has 0 fully saturated rings. The predicted molar refractivity (Wildman–Crippen MR) is 87.5 cm³/mol. The van der Waals surface area contributed by atoms with Gasteiger partial charge in [0.25, 0.3) is 5.91 Å². The van der Waals surface area contributed by atoms with E-state index in [-0.39, 0.29) is 5.56 Å². The van der Waals surface area contributed by atoms with E-state index in [4.69, 9.17) is 11.6 Å². The Morgan fingerprint density at radius 2 is 1.75 bits per heavy atom. The number of carbonyl (C=O) groups is 1. The van der Waals surface area contributed by atoms with Crippen LogP contribution in [0.3, 0.4) is 0 Å². The summed E-state index contributed by atoms with van der Waals surface area (Å²) in [6.07, 6.45) is -0.668. The van der Waals surface area contributed by atoms with E-state index in [0.717, 1.165) is 37.3 Å². The lowest BCUT2D eigenvalue weighted by molar-refractivity contribution is -0.137. The number of alkyl halides is 3. The van der Waals surface area contributed by atoms with E-state index in [1.807, 2.05) is 12.1 Å². The quantitative estimate of drug-likeness (QED) is 0.760. The number of halogens is 4. The summed E-state index contributed by atoms with van der Waals surface area (Å²) in [7, 11) is 0. The third kappa shape index (κ3) is 3.26. The van der Waals surface area contributed by atoms with Crippen molar-refractivity contribution in [2.24, 2.45) is 0 Å². The Bertz CT molecular complexity index is 786. The summed E-state index contributed by atoms with van der Waals surface area (Å²) in [5, 5.41) is 2.14. The number of carbonyl (C=O) groups excluding carboxylic acids is 1. The van der Waals surface area contributed by atoms with Crippen LogP contribution in [0.1, 0.15) is 39.9 Å². The molecule has 24 heavy (non-hydrogen) atoms. The van der Waals surface area contributed by atoms with E-state index in [1.54, 1.807) is 6.07 Å². The molecule has 0 saturated heterocycles. The highest BCUT2D eigenvalue weighted by Crippen LogP contribution is 2.36. The second-order valence-corrected chi connectivity index (χ2v) is 6.15. The van der Waals surface area contributed by atoms with E-state index in [2.05, 4.69) is 5.32 Å². The monoisotopic (exact) mass is 353 g/mol. The average Bonchev–Trinajstić information content (AvgIpc) is 2.54. The lowest BCUT2D eigenvalue weighted by atomic mass is 9.90. The fraction of sp³-hybridized carbons (Fsp3) is 0.278. The Labute approximate surface area is 142 Å². The summed E-state index contributed by atoms with van der Waals surface area (Å²) in [6, 6.07) is 8.97. The highest BCUT2D eigenvalue weighted by molar-refractivity contribution is 6.35. The van der Waals surface area contributed by atoms with Gasteiger partial charge in [-0.2, -0.15) is 13.2 Å². The lowest BCUT2D eigenvalue weighted by Crippen LogP contribution is -2.17. The van der Waals surface area contributed by atoms with Crippen molar-refractivity contribution in [3.05, 3.63) is 63.7 Å². The van der Waals surface area contributed by atoms with E-state index in [0.29, 0.717) is 5.69 Å². The maximum absolute atomic E-state index is 12.9. The summed E-state index contributed by atoms with van der Waals surface area (Å²) < 4.78 is 38.8. The first-order valence-corrected chi connectivity index (χ1v) is 8.03. The molecule has 0 atom stereocenters. The Morgan fingerprint density at radius 1 is 1.04 bits per heavy atom. The minimum Gasteiger partial charge on any atom is -0.322 e. The van der Waals surface area contributed by atoms with E-state index in [9.17, 15) is 18.0 Å². The molecule has 126 valence electrons. The molecule has 0 bridgehead atoms. The van der Waals surface area contributed by atoms with Crippen molar-refractivity contribution in [2.75, 3.05) is 5.32 Å². The van der Waals surface area contributed by atoms with Crippen molar-refractivity contribution >= 4 is 23.2 Å². The molecular formula is C18H15ClF3NO. The van der Waals surface area contributed by atoms with Gasteiger partial charge >= 0.3 is 6.18 Å². The molecular weight excluding hydrogens is 339 g/mol. The van der Waals surface area contributed by atoms with Gasteiger partial charge in [0.05, 0.1) is 16.1 Å². The van der Waals surface area contributed by atoms with Crippen molar-refractivity contribution in [1.82, 2.24) is 0 Å². The molecule has 6 heteroatoms. The number of fused-ring (bicyclic) bond motifs is 1. The van der Waals surface area contributed by atoms with Gasteiger partial charge in [-0.05, 0) is 55.0 Å². The summed E-state index contributed by atoms with van der Waals surface area (Å²) in [5.74, 6) is -0.634. The van der Waals surface area contributed by atoms with Crippen LogP contribution in [-0.2, 0) is 19.0 Å². The molecule has 0 heterocycles. The van der Waals surface area contributed by atoms with Crippen molar-refractivity contribution < 1.29 is 18.0 Å². The second kappa shape index (κ2) is 6.48. The molecule has 0 saturated carbocycles. The average molecular weight is 354 g/mol. The smallest absolute Gasteiger partial charge is 0.322 e. The molecule has 0 unspecified atom stereocenters. The Morgan fingerprint density at radius 3 is 2.50 bits per heavy atom. The fourth-order valence-corrected chi connectivity index (χ4v) is 3.33. The van der Waals surface area contributed by atoms with E-state index < -0.39 is 22.7 Å². The second-order valence-electron chi connectivity index (χ2n) is 5.77. The summed E-state index contributed by atoms with van der Waals surface area (Å²) >= 11 is 5.82. The van der Waals surface area contributed by atoms with Gasteiger partial charge in [0.15, 0.2) is 0 Å². The van der Waals surface area contributed by atoms with Crippen LogP contribution >= 0.6 is 11.6 Å². The first-order valence-electron chi connectivity index (χ1n) is 7.66. The number of rotatable bonds is 2. The maximum Gasteiger partial charge on any atom is 0.417 e. The summed E-state index contributed by atoms with van der Waals surface area (Å²) in [4.78, 5) is 12.4. The molecule has 1 N–H and O–H groups in total. The van der Waals surface area contributed by atoms with Crippen molar-refractivity contribution in [3.63, 3.8) is 0 Å². The molecule has 1 aliphatic rings. The SMILES string of the molecule is O=C(Nc1cccc2c1CCCC2)c1cccc(C(F)(F)F)c1Cl.